The van der Waals surface area contributed by atoms with Gasteiger partial charge in [-0.05, 0) is 24.8 Å². The number of hydrogen-bond donors (Lipinski definition) is 0. The largest absolute Gasteiger partial charge is 0.465 e. The molecule has 4 heteroatoms. The van der Waals surface area contributed by atoms with E-state index >= 15 is 0 Å². The maximum absolute atomic E-state index is 11.1. The van der Waals surface area contributed by atoms with Crippen LogP contribution in [0.25, 0.3) is 0 Å². The summed E-state index contributed by atoms with van der Waals surface area (Å²) in [5.41, 5.74) is 0.425. The van der Waals surface area contributed by atoms with Gasteiger partial charge in [-0.15, -0.1) is 0 Å². The van der Waals surface area contributed by atoms with Crippen LogP contribution in [0.4, 0.5) is 0 Å². The summed E-state index contributed by atoms with van der Waals surface area (Å²) in [4.78, 5) is 22.0. The Labute approximate surface area is 81.1 Å². The molecule has 0 unspecified atom stereocenters. The normalized spacial score (nSPS) is 9.31. The van der Waals surface area contributed by atoms with Crippen molar-refractivity contribution < 1.29 is 14.3 Å². The Hall–Kier alpha value is -1.42. The second-order valence-corrected chi connectivity index (χ2v) is 2.70. The van der Waals surface area contributed by atoms with E-state index in [1.165, 1.54) is 19.2 Å². The highest BCUT2D eigenvalue weighted by Gasteiger charge is 2.14. The van der Waals surface area contributed by atoms with Gasteiger partial charge in [0, 0.05) is 5.56 Å². The monoisotopic (exact) mass is 195 g/mol. The Morgan fingerprint density at radius 1 is 1.23 bits per heavy atom. The number of rotatable bonds is 2. The van der Waals surface area contributed by atoms with Crippen molar-refractivity contribution in [1.82, 2.24) is 0 Å². The van der Waals surface area contributed by atoms with Gasteiger partial charge in [-0.1, -0.05) is 12.1 Å². The molecule has 1 aromatic carbocycles. The third-order valence-electron chi connectivity index (χ3n) is 1.55. The lowest BCUT2D eigenvalue weighted by Gasteiger charge is -2.02. The van der Waals surface area contributed by atoms with Crippen molar-refractivity contribution in [2.24, 2.45) is 0 Å². The first kappa shape index (κ1) is 9.67. The Kier molecular flexibility index (Phi) is 2.97. The summed E-state index contributed by atoms with van der Waals surface area (Å²) >= 11 is 4.45. The Morgan fingerprint density at radius 3 is 2.23 bits per heavy atom. The molecule has 67 valence electrons. The summed E-state index contributed by atoms with van der Waals surface area (Å²) in [6, 6.07) is 6.30. The first-order chi connectivity index (χ1) is 6.16. The van der Waals surface area contributed by atoms with Gasteiger partial charge in [0.2, 0.25) is 5.12 Å². The van der Waals surface area contributed by atoms with Crippen LogP contribution in [0.15, 0.2) is 24.3 Å². The maximum atomic E-state index is 11.1. The van der Waals surface area contributed by atoms with Gasteiger partial charge in [0.15, 0.2) is 0 Å². The van der Waals surface area contributed by atoms with Crippen molar-refractivity contribution in [3.8, 4) is 0 Å². The lowest BCUT2D eigenvalue weighted by molar-refractivity contribution is 0.0598. The zero-order valence-corrected chi connectivity index (χ0v) is 7.76. The molecule has 0 aliphatic heterocycles. The standard InChI is InChI=1S/C9H7O3S/c1-12-8(10)6-4-2-3-5-7(6)9(11)13/h2-5H,1H3. The number of esters is 1. The number of carbonyl (C=O) groups excluding carboxylic acids is 2. The third kappa shape index (κ3) is 2.03. The molecule has 0 N–H and O–H groups in total. The van der Waals surface area contributed by atoms with E-state index < -0.39 is 11.1 Å². The number of ether oxygens (including phenoxy) is 1. The van der Waals surface area contributed by atoms with Crippen LogP contribution in [0, 0.1) is 0 Å². The molecule has 3 nitrogen and oxygen atoms in total. The minimum Gasteiger partial charge on any atom is -0.465 e. The topological polar surface area (TPSA) is 43.4 Å². The van der Waals surface area contributed by atoms with Crippen LogP contribution < -0.4 is 0 Å². The summed E-state index contributed by atoms with van der Waals surface area (Å²) in [6.07, 6.45) is 0. The molecule has 0 aliphatic carbocycles. The van der Waals surface area contributed by atoms with E-state index in [0.717, 1.165) is 0 Å². The molecule has 13 heavy (non-hydrogen) atoms. The molecule has 0 saturated heterocycles. The van der Waals surface area contributed by atoms with Crippen LogP contribution in [-0.2, 0) is 4.74 Å². The lowest BCUT2D eigenvalue weighted by atomic mass is 10.1. The van der Waals surface area contributed by atoms with Gasteiger partial charge in [0.1, 0.15) is 0 Å². The number of hydrogen-bond acceptors (Lipinski definition) is 3. The fraction of sp³-hybridized carbons (Fsp3) is 0.111. The van der Waals surface area contributed by atoms with Gasteiger partial charge in [0.05, 0.1) is 12.7 Å². The zero-order valence-electron chi connectivity index (χ0n) is 6.94. The quantitative estimate of drug-likeness (QED) is 0.676. The van der Waals surface area contributed by atoms with Crippen LogP contribution in [0.5, 0.6) is 0 Å². The first-order valence-electron chi connectivity index (χ1n) is 3.55. The van der Waals surface area contributed by atoms with Crippen LogP contribution in [-0.4, -0.2) is 18.2 Å². The molecule has 0 fully saturated rings. The first-order valence-corrected chi connectivity index (χ1v) is 3.96. The summed E-state index contributed by atoms with van der Waals surface area (Å²) in [6.45, 7) is 0. The highest BCUT2D eigenvalue weighted by atomic mass is 32.1. The van der Waals surface area contributed by atoms with Crippen LogP contribution in [0.3, 0.4) is 0 Å². The predicted octanol–water partition coefficient (Wildman–Crippen LogP) is 1.81. The van der Waals surface area contributed by atoms with Crippen molar-refractivity contribution in [3.05, 3.63) is 35.4 Å². The summed E-state index contributed by atoms with van der Waals surface area (Å²) in [5.74, 6) is -0.547. The van der Waals surface area contributed by atoms with E-state index in [1.807, 2.05) is 0 Å². The Morgan fingerprint density at radius 2 is 1.77 bits per heavy atom. The second-order valence-electron chi connectivity index (χ2n) is 2.32. The molecule has 0 bridgehead atoms. The third-order valence-corrected chi connectivity index (χ3v) is 1.77. The highest BCUT2D eigenvalue weighted by Crippen LogP contribution is 2.11. The molecule has 0 amide bonds. The van der Waals surface area contributed by atoms with E-state index in [1.54, 1.807) is 12.1 Å². The van der Waals surface area contributed by atoms with Crippen molar-refractivity contribution >= 4 is 23.7 Å². The number of carbonyl (C=O) groups is 2. The Bertz CT molecular complexity index is 346. The number of methoxy groups -OCH3 is 1. The number of benzene rings is 1. The zero-order chi connectivity index (χ0) is 9.84. The molecule has 0 aliphatic rings. The molecular weight excluding hydrogens is 188 g/mol. The van der Waals surface area contributed by atoms with Crippen LogP contribution in [0.2, 0.25) is 0 Å². The van der Waals surface area contributed by atoms with E-state index in [4.69, 9.17) is 0 Å². The fourth-order valence-electron chi connectivity index (χ4n) is 0.949. The van der Waals surface area contributed by atoms with E-state index in [0.29, 0.717) is 0 Å². The van der Waals surface area contributed by atoms with Crippen molar-refractivity contribution in [2.75, 3.05) is 7.11 Å². The Balaban J connectivity index is 3.19. The maximum Gasteiger partial charge on any atom is 0.338 e. The van der Waals surface area contributed by atoms with E-state index in [-0.39, 0.29) is 11.1 Å². The smallest absolute Gasteiger partial charge is 0.338 e. The van der Waals surface area contributed by atoms with Crippen molar-refractivity contribution in [3.63, 3.8) is 0 Å². The van der Waals surface area contributed by atoms with Gasteiger partial charge in [-0.2, -0.15) is 0 Å². The summed E-state index contributed by atoms with van der Waals surface area (Å²) in [7, 11) is 1.26. The van der Waals surface area contributed by atoms with Gasteiger partial charge in [-0.25, -0.2) is 4.79 Å². The average molecular weight is 195 g/mol. The molecule has 0 spiro atoms. The molecule has 0 atom stereocenters. The van der Waals surface area contributed by atoms with Gasteiger partial charge in [0.25, 0.3) is 0 Å². The average Bonchev–Trinajstić information content (AvgIpc) is 2.16. The summed E-state index contributed by atoms with van der Waals surface area (Å²) < 4.78 is 4.49. The molecule has 0 heterocycles. The summed E-state index contributed by atoms with van der Waals surface area (Å²) in [5, 5.41) is -0.555. The molecule has 1 radical (unpaired) electrons. The molecular formula is C9H7O3S. The molecule has 1 aromatic rings. The van der Waals surface area contributed by atoms with Gasteiger partial charge >= 0.3 is 5.97 Å². The van der Waals surface area contributed by atoms with Gasteiger partial charge in [-0.3, -0.25) is 4.79 Å². The molecule has 0 saturated carbocycles. The van der Waals surface area contributed by atoms with E-state index in [2.05, 4.69) is 17.4 Å². The SMILES string of the molecule is COC(=O)c1ccccc1C(=O)[S]. The van der Waals surface area contributed by atoms with E-state index in [9.17, 15) is 9.59 Å². The minimum absolute atomic E-state index is 0.212. The van der Waals surface area contributed by atoms with Crippen LogP contribution >= 0.6 is 12.6 Å². The van der Waals surface area contributed by atoms with Crippen molar-refractivity contribution in [1.29, 1.82) is 0 Å². The lowest BCUT2D eigenvalue weighted by Crippen LogP contribution is -2.07. The minimum atomic E-state index is -0.555. The molecule has 1 rings (SSSR count). The molecule has 0 aromatic heterocycles. The second kappa shape index (κ2) is 4.00. The van der Waals surface area contributed by atoms with Crippen LogP contribution in [0.1, 0.15) is 20.7 Å². The van der Waals surface area contributed by atoms with Gasteiger partial charge < -0.3 is 4.74 Å². The predicted molar refractivity (Wildman–Crippen MR) is 49.7 cm³/mol. The highest BCUT2D eigenvalue weighted by molar-refractivity contribution is 7.97. The van der Waals surface area contributed by atoms with Crippen molar-refractivity contribution in [2.45, 2.75) is 0 Å². The fourth-order valence-corrected chi connectivity index (χ4v) is 1.13.